The number of nitriles is 1. The fraction of sp³-hybridized carbons (Fsp3) is 0.263. The molecule has 2 heterocycles. The lowest BCUT2D eigenvalue weighted by atomic mass is 10.00. The molecule has 0 aliphatic rings. The number of nitrogens with one attached hydrogen (secondary N) is 2. The van der Waals surface area contributed by atoms with E-state index in [0.29, 0.717) is 28.7 Å². The first kappa shape index (κ1) is 17.4. The van der Waals surface area contributed by atoms with E-state index in [-0.39, 0.29) is 17.9 Å². The normalized spacial score (nSPS) is 10.7. The number of hydrogen-bond acceptors (Lipinski definition) is 4. The zero-order valence-electron chi connectivity index (χ0n) is 14.9. The summed E-state index contributed by atoms with van der Waals surface area (Å²) in [4.78, 5) is 28.9. The Morgan fingerprint density at radius 3 is 2.88 bits per heavy atom. The van der Waals surface area contributed by atoms with Crippen LogP contribution in [0, 0.1) is 25.2 Å². The minimum absolute atomic E-state index is 0.152. The van der Waals surface area contributed by atoms with Crippen LogP contribution in [0.1, 0.15) is 28.8 Å². The molecule has 1 aromatic carbocycles. The smallest absolute Gasteiger partial charge is 0.273 e. The summed E-state index contributed by atoms with van der Waals surface area (Å²) < 4.78 is 1.61. The van der Waals surface area contributed by atoms with E-state index in [4.69, 9.17) is 5.26 Å². The first-order valence-corrected chi connectivity index (χ1v) is 8.25. The van der Waals surface area contributed by atoms with Gasteiger partial charge in [-0.1, -0.05) is 6.07 Å². The van der Waals surface area contributed by atoms with Crippen LogP contribution in [0.2, 0.25) is 0 Å². The number of anilines is 1. The number of rotatable bonds is 4. The molecule has 0 radical (unpaired) electrons. The van der Waals surface area contributed by atoms with Gasteiger partial charge in [-0.15, -0.1) is 0 Å². The zero-order valence-corrected chi connectivity index (χ0v) is 14.9. The average Bonchev–Trinajstić information content (AvgIpc) is 2.88. The molecule has 0 saturated heterocycles. The minimum atomic E-state index is -0.175. The molecule has 2 aromatic heterocycles. The van der Waals surface area contributed by atoms with Crippen molar-refractivity contribution in [2.75, 3.05) is 5.32 Å². The molecule has 3 rings (SSSR count). The van der Waals surface area contributed by atoms with Gasteiger partial charge in [0.25, 0.3) is 5.56 Å². The van der Waals surface area contributed by atoms with E-state index < -0.39 is 0 Å². The number of benzene rings is 1. The average molecular weight is 349 g/mol. The highest BCUT2D eigenvalue weighted by Crippen LogP contribution is 2.21. The molecule has 0 fully saturated rings. The Labute approximate surface area is 150 Å². The number of aryl methyl sites for hydroxylation is 3. The van der Waals surface area contributed by atoms with E-state index in [1.54, 1.807) is 36.0 Å². The summed E-state index contributed by atoms with van der Waals surface area (Å²) in [6, 6.07) is 8.82. The molecular weight excluding hydrogens is 330 g/mol. The van der Waals surface area contributed by atoms with Crippen LogP contribution >= 0.6 is 0 Å². The molecule has 0 aliphatic carbocycles. The number of aromatic nitrogens is 3. The van der Waals surface area contributed by atoms with Gasteiger partial charge in [0.05, 0.1) is 17.0 Å². The zero-order chi connectivity index (χ0) is 18.8. The lowest BCUT2D eigenvalue weighted by Crippen LogP contribution is -2.13. The second-order valence-corrected chi connectivity index (χ2v) is 6.24. The number of nitrogens with zero attached hydrogens (tertiary/aromatic N) is 3. The maximum absolute atomic E-state index is 12.3. The standard InChI is InChI=1S/C19H19N5O2/c1-11-15(12(2)21-18-17(11)19(26)23-24(18)3)7-8-16(25)22-14-6-4-5-13(9-14)10-20/h4-6,9H,7-8H2,1-3H3,(H,22,25)(H,23,26). The molecule has 0 atom stereocenters. The van der Waals surface area contributed by atoms with Gasteiger partial charge in [0.1, 0.15) is 0 Å². The lowest BCUT2D eigenvalue weighted by Gasteiger charge is -2.11. The second kappa shape index (κ2) is 6.84. The van der Waals surface area contributed by atoms with E-state index in [2.05, 4.69) is 15.4 Å². The lowest BCUT2D eigenvalue weighted by molar-refractivity contribution is -0.116. The van der Waals surface area contributed by atoms with E-state index in [0.717, 1.165) is 16.8 Å². The Kier molecular flexibility index (Phi) is 4.59. The van der Waals surface area contributed by atoms with Gasteiger partial charge in [0.15, 0.2) is 5.65 Å². The van der Waals surface area contributed by atoms with Crippen LogP contribution in [0.15, 0.2) is 29.1 Å². The summed E-state index contributed by atoms with van der Waals surface area (Å²) >= 11 is 0. The van der Waals surface area contributed by atoms with Crippen LogP contribution < -0.4 is 10.9 Å². The van der Waals surface area contributed by atoms with E-state index in [1.165, 1.54) is 0 Å². The Balaban J connectivity index is 1.79. The third-order valence-corrected chi connectivity index (χ3v) is 4.45. The molecule has 0 spiro atoms. The van der Waals surface area contributed by atoms with Crippen molar-refractivity contribution >= 4 is 22.6 Å². The van der Waals surface area contributed by atoms with Gasteiger partial charge in [-0.05, 0) is 49.6 Å². The van der Waals surface area contributed by atoms with Gasteiger partial charge in [-0.25, -0.2) is 4.98 Å². The van der Waals surface area contributed by atoms with Gasteiger partial charge in [0, 0.05) is 24.8 Å². The number of carbonyl (C=O) groups is 1. The molecule has 0 bridgehead atoms. The summed E-state index contributed by atoms with van der Waals surface area (Å²) in [7, 11) is 1.75. The number of H-pyrrole nitrogens is 1. The summed E-state index contributed by atoms with van der Waals surface area (Å²) in [5.74, 6) is -0.152. The molecule has 7 heteroatoms. The predicted molar refractivity (Wildman–Crippen MR) is 98.9 cm³/mol. The molecule has 0 saturated carbocycles. The molecule has 0 unspecified atom stereocenters. The first-order valence-electron chi connectivity index (χ1n) is 8.25. The number of hydrogen-bond donors (Lipinski definition) is 2. The van der Waals surface area contributed by atoms with Crippen LogP contribution in [0.5, 0.6) is 0 Å². The topological polar surface area (TPSA) is 104 Å². The fourth-order valence-corrected chi connectivity index (χ4v) is 3.14. The van der Waals surface area contributed by atoms with E-state index in [1.807, 2.05) is 19.9 Å². The van der Waals surface area contributed by atoms with Crippen LogP contribution in [-0.2, 0) is 18.3 Å². The molecule has 2 N–H and O–H groups in total. The largest absolute Gasteiger partial charge is 0.326 e. The van der Waals surface area contributed by atoms with Crippen molar-refractivity contribution in [2.45, 2.75) is 26.7 Å². The minimum Gasteiger partial charge on any atom is -0.326 e. The van der Waals surface area contributed by atoms with Crippen molar-refractivity contribution in [1.82, 2.24) is 14.8 Å². The van der Waals surface area contributed by atoms with Crippen molar-refractivity contribution in [3.8, 4) is 6.07 Å². The van der Waals surface area contributed by atoms with Crippen molar-refractivity contribution in [3.05, 3.63) is 57.0 Å². The third kappa shape index (κ3) is 3.22. The molecule has 7 nitrogen and oxygen atoms in total. The van der Waals surface area contributed by atoms with Gasteiger partial charge in [-0.3, -0.25) is 19.4 Å². The molecule has 3 aromatic rings. The number of aromatic amines is 1. The van der Waals surface area contributed by atoms with Gasteiger partial charge in [-0.2, -0.15) is 5.26 Å². The van der Waals surface area contributed by atoms with Gasteiger partial charge >= 0.3 is 0 Å². The van der Waals surface area contributed by atoms with Crippen molar-refractivity contribution in [3.63, 3.8) is 0 Å². The first-order chi connectivity index (χ1) is 12.4. The summed E-state index contributed by atoms with van der Waals surface area (Å²) in [5, 5.41) is 15.0. The number of carbonyl (C=O) groups excluding carboxylic acids is 1. The maximum atomic E-state index is 12.3. The van der Waals surface area contributed by atoms with Gasteiger partial charge in [0.2, 0.25) is 5.91 Å². The highest BCUT2D eigenvalue weighted by atomic mass is 16.1. The van der Waals surface area contributed by atoms with Crippen molar-refractivity contribution < 1.29 is 4.79 Å². The number of amides is 1. The SMILES string of the molecule is Cc1nc2c(c(C)c1CCC(=O)Nc1cccc(C#N)c1)c(=O)[nH]n2C. The quantitative estimate of drug-likeness (QED) is 0.754. The predicted octanol–water partition coefficient (Wildman–Crippen LogP) is 2.32. The van der Waals surface area contributed by atoms with Gasteiger partial charge < -0.3 is 5.32 Å². The summed E-state index contributed by atoms with van der Waals surface area (Å²) in [5.41, 5.74) is 4.11. The fourth-order valence-electron chi connectivity index (χ4n) is 3.14. The number of fused-ring (bicyclic) bond motifs is 1. The van der Waals surface area contributed by atoms with E-state index in [9.17, 15) is 9.59 Å². The Hall–Kier alpha value is -3.40. The molecular formula is C19H19N5O2. The molecule has 132 valence electrons. The molecule has 26 heavy (non-hydrogen) atoms. The highest BCUT2D eigenvalue weighted by Gasteiger charge is 2.16. The third-order valence-electron chi connectivity index (χ3n) is 4.45. The molecule has 1 amide bonds. The maximum Gasteiger partial charge on any atom is 0.273 e. The van der Waals surface area contributed by atoms with Crippen molar-refractivity contribution in [2.24, 2.45) is 7.05 Å². The Morgan fingerprint density at radius 2 is 2.15 bits per heavy atom. The highest BCUT2D eigenvalue weighted by molar-refractivity contribution is 5.91. The Morgan fingerprint density at radius 1 is 1.38 bits per heavy atom. The monoisotopic (exact) mass is 349 g/mol. The molecule has 0 aliphatic heterocycles. The summed E-state index contributed by atoms with van der Waals surface area (Å²) in [6.07, 6.45) is 0.745. The van der Waals surface area contributed by atoms with Crippen LogP contribution in [-0.4, -0.2) is 20.7 Å². The van der Waals surface area contributed by atoms with Crippen LogP contribution in [0.3, 0.4) is 0 Å². The van der Waals surface area contributed by atoms with Crippen LogP contribution in [0.4, 0.5) is 5.69 Å². The van der Waals surface area contributed by atoms with Crippen molar-refractivity contribution in [1.29, 1.82) is 5.26 Å². The van der Waals surface area contributed by atoms with Crippen LogP contribution in [0.25, 0.3) is 11.0 Å². The number of pyridine rings is 1. The Bertz CT molecular complexity index is 1100. The van der Waals surface area contributed by atoms with E-state index >= 15 is 0 Å². The second-order valence-electron chi connectivity index (χ2n) is 6.24. The summed E-state index contributed by atoms with van der Waals surface area (Å²) in [6.45, 7) is 3.77.